The Hall–Kier alpha value is -3.05. The summed E-state index contributed by atoms with van der Waals surface area (Å²) in [4.78, 5) is 16.5. The molecular formula is C23H21ClN2O3. The number of hydrogen-bond donors (Lipinski definition) is 1. The lowest BCUT2D eigenvalue weighted by Gasteiger charge is -2.17. The monoisotopic (exact) mass is 408 g/mol. The lowest BCUT2D eigenvalue weighted by atomic mass is 10.0. The van der Waals surface area contributed by atoms with Crippen LogP contribution in [0.15, 0.2) is 67.0 Å². The summed E-state index contributed by atoms with van der Waals surface area (Å²) in [6, 6.07) is 17.0. The SMILES string of the molecule is C[C@@H](Oc1cccc(Cl)c1)C(=O)NC[C@@H]1Cc2cccc(-c3ccncc3)c2O1. The minimum atomic E-state index is -0.635. The molecule has 2 atom stereocenters. The number of rotatable bonds is 6. The number of pyridine rings is 1. The molecule has 3 aromatic rings. The van der Waals surface area contributed by atoms with Gasteiger partial charge >= 0.3 is 0 Å². The molecule has 1 aliphatic rings. The predicted molar refractivity (Wildman–Crippen MR) is 112 cm³/mol. The standard InChI is InChI=1S/C23H21ClN2O3/c1-15(28-19-6-3-5-18(24)13-19)23(27)26-14-20-12-17-4-2-7-21(22(17)29-20)16-8-10-25-11-9-16/h2-11,13,15,20H,12,14H2,1H3,(H,26,27)/t15-,20+/m1/s1. The fraction of sp³-hybridized carbons (Fsp3) is 0.217. The van der Waals surface area contributed by atoms with E-state index in [0.29, 0.717) is 17.3 Å². The molecule has 0 spiro atoms. The largest absolute Gasteiger partial charge is 0.487 e. The van der Waals surface area contributed by atoms with Crippen LogP contribution < -0.4 is 14.8 Å². The van der Waals surface area contributed by atoms with Crippen molar-refractivity contribution < 1.29 is 14.3 Å². The highest BCUT2D eigenvalue weighted by Crippen LogP contribution is 2.38. The van der Waals surface area contributed by atoms with E-state index in [9.17, 15) is 4.79 Å². The van der Waals surface area contributed by atoms with Crippen LogP contribution in [0.4, 0.5) is 0 Å². The second kappa shape index (κ2) is 8.53. The molecule has 0 bridgehead atoms. The van der Waals surface area contributed by atoms with Gasteiger partial charge in [0.25, 0.3) is 5.91 Å². The van der Waals surface area contributed by atoms with Crippen molar-refractivity contribution in [1.29, 1.82) is 0 Å². The molecule has 0 fully saturated rings. The normalized spacial score (nSPS) is 15.9. The molecule has 2 aromatic carbocycles. The summed E-state index contributed by atoms with van der Waals surface area (Å²) >= 11 is 5.96. The summed E-state index contributed by atoms with van der Waals surface area (Å²) in [5.41, 5.74) is 3.24. The maximum absolute atomic E-state index is 12.4. The van der Waals surface area contributed by atoms with E-state index >= 15 is 0 Å². The number of carbonyl (C=O) groups excluding carboxylic acids is 1. The van der Waals surface area contributed by atoms with Crippen LogP contribution in [0.2, 0.25) is 5.02 Å². The van der Waals surface area contributed by atoms with Gasteiger partial charge in [0.2, 0.25) is 0 Å². The maximum atomic E-state index is 12.4. The van der Waals surface area contributed by atoms with Crippen LogP contribution in [0.1, 0.15) is 12.5 Å². The Morgan fingerprint density at radius 3 is 2.83 bits per heavy atom. The van der Waals surface area contributed by atoms with Crippen LogP contribution in [0.5, 0.6) is 11.5 Å². The van der Waals surface area contributed by atoms with E-state index in [-0.39, 0.29) is 12.0 Å². The number of halogens is 1. The molecular weight excluding hydrogens is 388 g/mol. The number of fused-ring (bicyclic) bond motifs is 1. The number of nitrogens with zero attached hydrogens (tertiary/aromatic N) is 1. The van der Waals surface area contributed by atoms with Crippen LogP contribution in [0.25, 0.3) is 11.1 Å². The molecule has 29 heavy (non-hydrogen) atoms. The Morgan fingerprint density at radius 1 is 1.24 bits per heavy atom. The third-order valence-electron chi connectivity index (χ3n) is 4.80. The molecule has 0 unspecified atom stereocenters. The van der Waals surface area contributed by atoms with Gasteiger partial charge in [-0.05, 0) is 48.4 Å². The average Bonchev–Trinajstić information content (AvgIpc) is 3.15. The Balaban J connectivity index is 1.35. The molecule has 0 saturated heterocycles. The highest BCUT2D eigenvalue weighted by atomic mass is 35.5. The molecule has 4 rings (SSSR count). The molecule has 5 nitrogen and oxygen atoms in total. The molecule has 148 valence electrons. The first-order valence-corrected chi connectivity index (χ1v) is 9.87. The molecule has 1 amide bonds. The molecule has 1 aliphatic heterocycles. The summed E-state index contributed by atoms with van der Waals surface area (Å²) < 4.78 is 11.8. The van der Waals surface area contributed by atoms with E-state index in [1.165, 1.54) is 0 Å². The van der Waals surface area contributed by atoms with Crippen molar-refractivity contribution in [3.63, 3.8) is 0 Å². The quantitative estimate of drug-likeness (QED) is 0.661. The second-order valence-corrected chi connectivity index (χ2v) is 7.37. The molecule has 0 aliphatic carbocycles. The fourth-order valence-electron chi connectivity index (χ4n) is 3.37. The molecule has 1 aromatic heterocycles. The first-order chi connectivity index (χ1) is 14.1. The Labute approximate surface area is 174 Å². The Kier molecular flexibility index (Phi) is 5.67. The van der Waals surface area contributed by atoms with Crippen molar-refractivity contribution in [3.8, 4) is 22.6 Å². The maximum Gasteiger partial charge on any atom is 0.260 e. The highest BCUT2D eigenvalue weighted by molar-refractivity contribution is 6.30. The topological polar surface area (TPSA) is 60.5 Å². The van der Waals surface area contributed by atoms with Gasteiger partial charge in [0.1, 0.15) is 17.6 Å². The molecule has 0 saturated carbocycles. The van der Waals surface area contributed by atoms with Gasteiger partial charge in [-0.15, -0.1) is 0 Å². The van der Waals surface area contributed by atoms with Gasteiger partial charge < -0.3 is 14.8 Å². The van der Waals surface area contributed by atoms with Gasteiger partial charge in [-0.2, -0.15) is 0 Å². The summed E-state index contributed by atoms with van der Waals surface area (Å²) in [5, 5.41) is 3.49. The van der Waals surface area contributed by atoms with Crippen LogP contribution in [0.3, 0.4) is 0 Å². The van der Waals surface area contributed by atoms with Crippen molar-refractivity contribution in [1.82, 2.24) is 10.3 Å². The number of nitrogens with one attached hydrogen (secondary N) is 1. The summed E-state index contributed by atoms with van der Waals surface area (Å²) in [7, 11) is 0. The number of aromatic nitrogens is 1. The average molecular weight is 409 g/mol. The van der Waals surface area contributed by atoms with E-state index in [0.717, 1.165) is 28.9 Å². The summed E-state index contributed by atoms with van der Waals surface area (Å²) in [6.07, 6.45) is 3.53. The highest BCUT2D eigenvalue weighted by Gasteiger charge is 2.27. The number of para-hydroxylation sites is 1. The Bertz CT molecular complexity index is 1010. The minimum Gasteiger partial charge on any atom is -0.487 e. The third kappa shape index (κ3) is 4.51. The van der Waals surface area contributed by atoms with Crippen molar-refractivity contribution >= 4 is 17.5 Å². The van der Waals surface area contributed by atoms with Crippen molar-refractivity contribution in [2.24, 2.45) is 0 Å². The Morgan fingerprint density at radius 2 is 2.03 bits per heavy atom. The molecule has 1 N–H and O–H groups in total. The van der Waals surface area contributed by atoms with Crippen LogP contribution in [0, 0.1) is 0 Å². The molecule has 0 radical (unpaired) electrons. The van der Waals surface area contributed by atoms with Gasteiger partial charge in [0.15, 0.2) is 6.10 Å². The number of benzene rings is 2. The lowest BCUT2D eigenvalue weighted by molar-refractivity contribution is -0.127. The van der Waals surface area contributed by atoms with E-state index in [4.69, 9.17) is 21.1 Å². The second-order valence-electron chi connectivity index (χ2n) is 6.94. The third-order valence-corrected chi connectivity index (χ3v) is 5.04. The van der Waals surface area contributed by atoms with Gasteiger partial charge in [0.05, 0.1) is 6.54 Å². The summed E-state index contributed by atoms with van der Waals surface area (Å²) in [6.45, 7) is 2.12. The van der Waals surface area contributed by atoms with E-state index in [2.05, 4.69) is 16.4 Å². The zero-order chi connectivity index (χ0) is 20.2. The van der Waals surface area contributed by atoms with Crippen LogP contribution in [-0.4, -0.2) is 29.6 Å². The first-order valence-electron chi connectivity index (χ1n) is 9.49. The van der Waals surface area contributed by atoms with Gasteiger partial charge in [-0.1, -0.05) is 35.9 Å². The van der Waals surface area contributed by atoms with Gasteiger partial charge in [-0.3, -0.25) is 9.78 Å². The zero-order valence-corrected chi connectivity index (χ0v) is 16.7. The van der Waals surface area contributed by atoms with Crippen molar-refractivity contribution in [3.05, 3.63) is 77.6 Å². The molecule has 6 heteroatoms. The molecule has 2 heterocycles. The van der Waals surface area contributed by atoms with E-state index in [1.54, 1.807) is 43.6 Å². The van der Waals surface area contributed by atoms with Gasteiger partial charge in [-0.25, -0.2) is 0 Å². The zero-order valence-electron chi connectivity index (χ0n) is 16.0. The van der Waals surface area contributed by atoms with Crippen molar-refractivity contribution in [2.75, 3.05) is 6.54 Å². The predicted octanol–water partition coefficient (Wildman–Crippen LogP) is 4.29. The lowest BCUT2D eigenvalue weighted by Crippen LogP contribution is -2.41. The summed E-state index contributed by atoms with van der Waals surface area (Å²) in [5.74, 6) is 1.24. The van der Waals surface area contributed by atoms with Gasteiger partial charge in [0, 0.05) is 29.4 Å². The fourth-order valence-corrected chi connectivity index (χ4v) is 3.55. The first kappa shape index (κ1) is 19.3. The van der Waals surface area contributed by atoms with E-state index < -0.39 is 6.10 Å². The van der Waals surface area contributed by atoms with Crippen LogP contribution >= 0.6 is 11.6 Å². The number of hydrogen-bond acceptors (Lipinski definition) is 4. The van der Waals surface area contributed by atoms with Crippen molar-refractivity contribution in [2.45, 2.75) is 25.6 Å². The number of ether oxygens (including phenoxy) is 2. The number of carbonyl (C=O) groups is 1. The van der Waals surface area contributed by atoms with E-state index in [1.807, 2.05) is 24.3 Å². The minimum absolute atomic E-state index is 0.115. The van der Waals surface area contributed by atoms with Crippen LogP contribution in [-0.2, 0) is 11.2 Å². The number of amides is 1. The smallest absolute Gasteiger partial charge is 0.260 e.